The van der Waals surface area contributed by atoms with Crippen molar-refractivity contribution in [3.05, 3.63) is 29.8 Å². The van der Waals surface area contributed by atoms with E-state index in [0.717, 1.165) is 43.6 Å². The minimum absolute atomic E-state index is 0.161. The zero-order valence-electron chi connectivity index (χ0n) is 13.3. The van der Waals surface area contributed by atoms with Crippen molar-refractivity contribution in [1.29, 1.82) is 0 Å². The molecule has 4 nitrogen and oxygen atoms in total. The lowest BCUT2D eigenvalue weighted by molar-refractivity contribution is -0.123. The fraction of sp³-hybridized carbons (Fsp3) is 0.611. The van der Waals surface area contributed by atoms with Crippen LogP contribution in [0.3, 0.4) is 0 Å². The van der Waals surface area contributed by atoms with E-state index in [9.17, 15) is 4.79 Å². The number of hydrogen-bond acceptors (Lipinski definition) is 3. The van der Waals surface area contributed by atoms with Crippen molar-refractivity contribution >= 4 is 5.91 Å². The van der Waals surface area contributed by atoms with Crippen LogP contribution in [0.5, 0.6) is 5.75 Å². The third kappa shape index (κ3) is 3.27. The van der Waals surface area contributed by atoms with Crippen LogP contribution in [0.1, 0.15) is 44.1 Å². The quantitative estimate of drug-likeness (QED) is 0.879. The molecule has 1 saturated heterocycles. The molecule has 1 amide bonds. The van der Waals surface area contributed by atoms with Gasteiger partial charge in [0.15, 0.2) is 0 Å². The van der Waals surface area contributed by atoms with Crippen LogP contribution in [0.25, 0.3) is 0 Å². The van der Waals surface area contributed by atoms with E-state index in [2.05, 4.69) is 5.32 Å². The number of hydrogen-bond donors (Lipinski definition) is 1. The Bertz CT molecular complexity index is 502. The van der Waals surface area contributed by atoms with E-state index in [1.54, 1.807) is 7.11 Å². The lowest BCUT2D eigenvalue weighted by atomic mass is 9.94. The van der Waals surface area contributed by atoms with Gasteiger partial charge < -0.3 is 14.8 Å². The predicted octanol–water partition coefficient (Wildman–Crippen LogP) is 2.80. The number of amides is 1. The molecule has 2 aliphatic rings. The van der Waals surface area contributed by atoms with Crippen LogP contribution in [0, 0.1) is 0 Å². The summed E-state index contributed by atoms with van der Waals surface area (Å²) >= 11 is 0. The summed E-state index contributed by atoms with van der Waals surface area (Å²) in [6.45, 7) is 1.58. The first kappa shape index (κ1) is 15.3. The number of rotatable bonds is 6. The Morgan fingerprint density at radius 1 is 1.32 bits per heavy atom. The van der Waals surface area contributed by atoms with E-state index in [4.69, 9.17) is 9.47 Å². The fourth-order valence-electron chi connectivity index (χ4n) is 3.23. The Kier molecular flexibility index (Phi) is 4.67. The van der Waals surface area contributed by atoms with E-state index < -0.39 is 0 Å². The van der Waals surface area contributed by atoms with Crippen molar-refractivity contribution in [1.82, 2.24) is 5.32 Å². The maximum atomic E-state index is 12.5. The Hall–Kier alpha value is -1.55. The van der Waals surface area contributed by atoms with E-state index >= 15 is 0 Å². The summed E-state index contributed by atoms with van der Waals surface area (Å²) in [5.74, 6) is 0.989. The SMILES string of the molecule is COc1ccc(C2(C(=O)NCCC3CCCCO3)CC2)cc1. The molecule has 1 unspecified atom stereocenters. The Labute approximate surface area is 132 Å². The van der Waals surface area contributed by atoms with E-state index in [1.165, 1.54) is 12.8 Å². The highest BCUT2D eigenvalue weighted by Crippen LogP contribution is 2.48. The van der Waals surface area contributed by atoms with Gasteiger partial charge in [-0.25, -0.2) is 0 Å². The van der Waals surface area contributed by atoms with Gasteiger partial charge in [0.1, 0.15) is 5.75 Å². The molecule has 2 fully saturated rings. The summed E-state index contributed by atoms with van der Waals surface area (Å²) in [5, 5.41) is 3.11. The van der Waals surface area contributed by atoms with E-state index in [1.807, 2.05) is 24.3 Å². The lowest BCUT2D eigenvalue weighted by Crippen LogP contribution is -2.37. The van der Waals surface area contributed by atoms with Crippen molar-refractivity contribution in [2.24, 2.45) is 0 Å². The molecule has 1 atom stereocenters. The molecule has 1 aliphatic carbocycles. The van der Waals surface area contributed by atoms with Crippen molar-refractivity contribution in [3.8, 4) is 5.75 Å². The van der Waals surface area contributed by atoms with Crippen LogP contribution in [0.2, 0.25) is 0 Å². The van der Waals surface area contributed by atoms with Crippen molar-refractivity contribution in [2.45, 2.75) is 50.0 Å². The van der Waals surface area contributed by atoms with Crippen molar-refractivity contribution < 1.29 is 14.3 Å². The minimum Gasteiger partial charge on any atom is -0.497 e. The third-order valence-corrected chi connectivity index (χ3v) is 4.85. The van der Waals surface area contributed by atoms with Crippen LogP contribution in [-0.4, -0.2) is 32.3 Å². The molecule has 3 rings (SSSR count). The van der Waals surface area contributed by atoms with Gasteiger partial charge in [-0.05, 0) is 56.2 Å². The number of ether oxygens (including phenoxy) is 2. The van der Waals surface area contributed by atoms with Gasteiger partial charge in [-0.2, -0.15) is 0 Å². The van der Waals surface area contributed by atoms with E-state index in [-0.39, 0.29) is 11.3 Å². The molecule has 1 aromatic rings. The fourth-order valence-corrected chi connectivity index (χ4v) is 3.23. The number of nitrogens with one attached hydrogen (secondary N) is 1. The molecule has 22 heavy (non-hydrogen) atoms. The van der Waals surface area contributed by atoms with Gasteiger partial charge >= 0.3 is 0 Å². The van der Waals surface area contributed by atoms with Crippen molar-refractivity contribution in [2.75, 3.05) is 20.3 Å². The highest BCUT2D eigenvalue weighted by Gasteiger charge is 2.51. The van der Waals surface area contributed by atoms with Gasteiger partial charge in [0, 0.05) is 13.2 Å². The van der Waals surface area contributed by atoms with Gasteiger partial charge in [0.25, 0.3) is 0 Å². The van der Waals surface area contributed by atoms with Crippen LogP contribution in [0.4, 0.5) is 0 Å². The summed E-state index contributed by atoms with van der Waals surface area (Å²) in [6.07, 6.45) is 6.66. The Morgan fingerprint density at radius 3 is 2.68 bits per heavy atom. The maximum absolute atomic E-state index is 12.5. The first-order valence-corrected chi connectivity index (χ1v) is 8.29. The molecule has 1 N–H and O–H groups in total. The smallest absolute Gasteiger partial charge is 0.230 e. The number of carbonyl (C=O) groups excluding carboxylic acids is 1. The van der Waals surface area contributed by atoms with Crippen LogP contribution in [0.15, 0.2) is 24.3 Å². The predicted molar refractivity (Wildman–Crippen MR) is 85.1 cm³/mol. The molecule has 0 bridgehead atoms. The number of benzene rings is 1. The second-order valence-corrected chi connectivity index (χ2v) is 6.34. The molecule has 4 heteroatoms. The van der Waals surface area contributed by atoms with E-state index in [0.29, 0.717) is 12.6 Å². The molecule has 0 radical (unpaired) electrons. The Balaban J connectivity index is 1.52. The zero-order chi connectivity index (χ0) is 15.4. The van der Waals surface area contributed by atoms with Gasteiger partial charge in [0.2, 0.25) is 5.91 Å². The normalized spacial score (nSPS) is 22.9. The first-order valence-electron chi connectivity index (χ1n) is 8.29. The molecule has 1 saturated carbocycles. The number of methoxy groups -OCH3 is 1. The van der Waals surface area contributed by atoms with Gasteiger partial charge in [-0.15, -0.1) is 0 Å². The highest BCUT2D eigenvalue weighted by atomic mass is 16.5. The number of carbonyl (C=O) groups is 1. The standard InChI is InChI=1S/C18H25NO3/c1-21-15-7-5-14(6-8-15)18(10-11-18)17(20)19-12-9-16-4-2-3-13-22-16/h5-8,16H,2-4,9-13H2,1H3,(H,19,20). The van der Waals surface area contributed by atoms with Gasteiger partial charge in [-0.1, -0.05) is 12.1 Å². The van der Waals surface area contributed by atoms with Crippen LogP contribution < -0.4 is 10.1 Å². The monoisotopic (exact) mass is 303 g/mol. The summed E-state index contributed by atoms with van der Waals surface area (Å²) < 4.78 is 10.9. The molecular weight excluding hydrogens is 278 g/mol. The first-order chi connectivity index (χ1) is 10.7. The molecule has 1 heterocycles. The largest absolute Gasteiger partial charge is 0.497 e. The average Bonchev–Trinajstić information content (AvgIpc) is 3.38. The average molecular weight is 303 g/mol. The molecule has 1 aromatic carbocycles. The third-order valence-electron chi connectivity index (χ3n) is 4.85. The molecule has 0 spiro atoms. The Morgan fingerprint density at radius 2 is 2.09 bits per heavy atom. The lowest BCUT2D eigenvalue weighted by Gasteiger charge is -2.23. The van der Waals surface area contributed by atoms with Crippen LogP contribution in [-0.2, 0) is 14.9 Å². The summed E-state index contributed by atoms with van der Waals surface area (Å²) in [7, 11) is 1.65. The topological polar surface area (TPSA) is 47.6 Å². The molecule has 0 aromatic heterocycles. The minimum atomic E-state index is -0.306. The van der Waals surface area contributed by atoms with Crippen molar-refractivity contribution in [3.63, 3.8) is 0 Å². The molecule has 1 aliphatic heterocycles. The van der Waals surface area contributed by atoms with Gasteiger partial charge in [-0.3, -0.25) is 4.79 Å². The molecular formula is C18H25NO3. The second-order valence-electron chi connectivity index (χ2n) is 6.34. The highest BCUT2D eigenvalue weighted by molar-refractivity contribution is 5.91. The van der Waals surface area contributed by atoms with Gasteiger partial charge in [0.05, 0.1) is 18.6 Å². The summed E-state index contributed by atoms with van der Waals surface area (Å²) in [4.78, 5) is 12.5. The maximum Gasteiger partial charge on any atom is 0.230 e. The molecule has 120 valence electrons. The summed E-state index contributed by atoms with van der Waals surface area (Å²) in [5.41, 5.74) is 0.791. The van der Waals surface area contributed by atoms with Crippen LogP contribution >= 0.6 is 0 Å². The summed E-state index contributed by atoms with van der Waals surface area (Å²) in [6, 6.07) is 7.88. The zero-order valence-corrected chi connectivity index (χ0v) is 13.3. The second kappa shape index (κ2) is 6.69.